The average molecular weight is 372 g/mol. The van der Waals surface area contributed by atoms with Gasteiger partial charge < -0.3 is 15.0 Å². The summed E-state index contributed by atoms with van der Waals surface area (Å²) >= 11 is 5.98. The summed E-state index contributed by atoms with van der Waals surface area (Å²) in [7, 11) is 0. The third-order valence-electron chi connectivity index (χ3n) is 3.84. The van der Waals surface area contributed by atoms with Gasteiger partial charge in [-0.05, 0) is 57.3 Å². The highest BCUT2D eigenvalue weighted by atomic mass is 35.5. The van der Waals surface area contributed by atoms with Crippen molar-refractivity contribution < 1.29 is 13.9 Å². The first kappa shape index (κ1) is 19.4. The highest BCUT2D eigenvalue weighted by Crippen LogP contribution is 2.35. The molecule has 0 radical (unpaired) electrons. The van der Waals surface area contributed by atoms with Crippen LogP contribution in [-0.4, -0.2) is 35.7 Å². The number of hydrogen-bond donors (Lipinski definition) is 1. The molecular formula is C17H23ClFN3O3. The van der Waals surface area contributed by atoms with Crippen LogP contribution in [0.1, 0.15) is 40.0 Å². The number of nitroso groups, excluding NO2 is 1. The summed E-state index contributed by atoms with van der Waals surface area (Å²) in [4.78, 5) is 24.9. The number of benzene rings is 1. The van der Waals surface area contributed by atoms with Crippen LogP contribution >= 0.6 is 11.6 Å². The van der Waals surface area contributed by atoms with Crippen molar-refractivity contribution in [1.29, 1.82) is 0 Å². The van der Waals surface area contributed by atoms with Crippen LogP contribution in [0, 0.1) is 10.7 Å². The molecule has 138 valence electrons. The Morgan fingerprint density at radius 3 is 2.76 bits per heavy atom. The van der Waals surface area contributed by atoms with Crippen molar-refractivity contribution in [1.82, 2.24) is 4.90 Å². The van der Waals surface area contributed by atoms with Crippen molar-refractivity contribution in [3.8, 4) is 0 Å². The summed E-state index contributed by atoms with van der Waals surface area (Å²) in [5.74, 6) is -0.630. The molecule has 0 aromatic heterocycles. The molecular weight excluding hydrogens is 349 g/mol. The van der Waals surface area contributed by atoms with E-state index in [9.17, 15) is 14.1 Å². The average Bonchev–Trinajstić information content (AvgIpc) is 2.76. The summed E-state index contributed by atoms with van der Waals surface area (Å²) < 4.78 is 19.1. The minimum absolute atomic E-state index is 0.0412. The third kappa shape index (κ3) is 5.29. The number of anilines is 1. The molecule has 1 aliphatic rings. The number of hydrogen-bond acceptors (Lipinski definition) is 5. The fourth-order valence-electron chi connectivity index (χ4n) is 2.71. The van der Waals surface area contributed by atoms with Crippen LogP contribution in [0.4, 0.5) is 20.6 Å². The first-order valence-corrected chi connectivity index (χ1v) is 8.65. The Morgan fingerprint density at radius 2 is 2.12 bits per heavy atom. The van der Waals surface area contributed by atoms with Crippen molar-refractivity contribution >= 4 is 29.1 Å². The molecule has 2 rings (SSSR count). The predicted octanol–water partition coefficient (Wildman–Crippen LogP) is 5.08. The lowest BCUT2D eigenvalue weighted by Crippen LogP contribution is -2.42. The zero-order valence-corrected chi connectivity index (χ0v) is 15.4. The molecule has 8 heteroatoms. The van der Waals surface area contributed by atoms with E-state index in [2.05, 4.69) is 10.5 Å². The van der Waals surface area contributed by atoms with Gasteiger partial charge in [-0.2, -0.15) is 0 Å². The molecule has 1 saturated heterocycles. The van der Waals surface area contributed by atoms with Crippen molar-refractivity contribution in [3.05, 3.63) is 27.9 Å². The normalized spacial score (nSPS) is 18.4. The molecule has 0 aliphatic carbocycles. The van der Waals surface area contributed by atoms with E-state index < -0.39 is 11.4 Å². The van der Waals surface area contributed by atoms with E-state index in [0.717, 1.165) is 25.3 Å². The molecule has 25 heavy (non-hydrogen) atoms. The SMILES string of the molecule is CC(C)(C)OC(=O)N1CCCCC(Nc2c(N=O)ccc(F)c2Cl)C1. The van der Waals surface area contributed by atoms with Crippen molar-refractivity contribution in [3.63, 3.8) is 0 Å². The van der Waals surface area contributed by atoms with Crippen LogP contribution in [0.2, 0.25) is 5.02 Å². The smallest absolute Gasteiger partial charge is 0.410 e. The van der Waals surface area contributed by atoms with Gasteiger partial charge in [0.15, 0.2) is 0 Å². The van der Waals surface area contributed by atoms with Gasteiger partial charge in [-0.25, -0.2) is 9.18 Å². The largest absolute Gasteiger partial charge is 0.444 e. The van der Waals surface area contributed by atoms with E-state index in [-0.39, 0.29) is 28.5 Å². The highest BCUT2D eigenvalue weighted by molar-refractivity contribution is 6.34. The Morgan fingerprint density at radius 1 is 1.40 bits per heavy atom. The fraction of sp³-hybridized carbons (Fsp3) is 0.588. The van der Waals surface area contributed by atoms with Gasteiger partial charge in [-0.1, -0.05) is 11.6 Å². The molecule has 1 heterocycles. The van der Waals surface area contributed by atoms with Gasteiger partial charge in [0, 0.05) is 19.1 Å². The Balaban J connectivity index is 2.15. The van der Waals surface area contributed by atoms with Gasteiger partial charge in [-0.3, -0.25) is 0 Å². The lowest BCUT2D eigenvalue weighted by molar-refractivity contribution is 0.0252. The maximum Gasteiger partial charge on any atom is 0.410 e. The third-order valence-corrected chi connectivity index (χ3v) is 4.21. The zero-order valence-electron chi connectivity index (χ0n) is 14.6. The van der Waals surface area contributed by atoms with Crippen LogP contribution in [0.5, 0.6) is 0 Å². The Hall–Kier alpha value is -1.89. The molecule has 6 nitrogen and oxygen atoms in total. The van der Waals surface area contributed by atoms with Gasteiger partial charge in [0.2, 0.25) is 0 Å². The van der Waals surface area contributed by atoms with E-state index in [4.69, 9.17) is 16.3 Å². The maximum absolute atomic E-state index is 13.7. The molecule has 1 aromatic carbocycles. The molecule has 1 aliphatic heterocycles. The van der Waals surface area contributed by atoms with Crippen LogP contribution in [0.3, 0.4) is 0 Å². The van der Waals surface area contributed by atoms with Gasteiger partial charge in [0.25, 0.3) is 0 Å². The topological polar surface area (TPSA) is 71.0 Å². The summed E-state index contributed by atoms with van der Waals surface area (Å²) in [6.45, 7) is 6.40. The molecule has 0 spiro atoms. The summed E-state index contributed by atoms with van der Waals surface area (Å²) in [6.07, 6.45) is 2.09. The van der Waals surface area contributed by atoms with E-state index in [1.165, 1.54) is 6.07 Å². The number of carbonyl (C=O) groups excluding carboxylic acids is 1. The molecule has 0 bridgehead atoms. The minimum atomic E-state index is -0.630. The standard InChI is InChI=1S/C17H23ClFN3O3/c1-17(2,3)25-16(23)22-9-5-4-6-11(10-22)20-15-13(21-24)8-7-12(19)14(15)18/h7-8,11,20H,4-6,9-10H2,1-3H3. The van der Waals surface area contributed by atoms with Crippen LogP contribution in [0.25, 0.3) is 0 Å². The Labute approximate surface area is 151 Å². The quantitative estimate of drug-likeness (QED) is 0.752. The molecule has 1 atom stereocenters. The second-order valence-electron chi connectivity index (χ2n) is 7.11. The summed E-state index contributed by atoms with van der Waals surface area (Å²) in [5.41, 5.74) is -0.376. The van der Waals surface area contributed by atoms with Crippen molar-refractivity contribution in [2.45, 2.75) is 51.7 Å². The van der Waals surface area contributed by atoms with Crippen LogP contribution in [-0.2, 0) is 4.74 Å². The monoisotopic (exact) mass is 371 g/mol. The van der Waals surface area contributed by atoms with Gasteiger partial charge in [0.1, 0.15) is 22.1 Å². The van der Waals surface area contributed by atoms with Gasteiger partial charge in [0.05, 0.1) is 5.69 Å². The second kappa shape index (κ2) is 7.99. The number of ether oxygens (including phenoxy) is 1. The number of nitrogens with one attached hydrogen (secondary N) is 1. The van der Waals surface area contributed by atoms with E-state index in [0.29, 0.717) is 13.1 Å². The van der Waals surface area contributed by atoms with E-state index >= 15 is 0 Å². The fourth-order valence-corrected chi connectivity index (χ4v) is 2.92. The lowest BCUT2D eigenvalue weighted by atomic mass is 10.1. The second-order valence-corrected chi connectivity index (χ2v) is 7.49. The van der Waals surface area contributed by atoms with Crippen LogP contribution in [0.15, 0.2) is 17.3 Å². The van der Waals surface area contributed by atoms with E-state index in [1.807, 2.05) is 20.8 Å². The number of nitrogens with zero attached hydrogens (tertiary/aromatic N) is 2. The summed E-state index contributed by atoms with van der Waals surface area (Å²) in [5, 5.41) is 5.80. The summed E-state index contributed by atoms with van der Waals surface area (Å²) in [6, 6.07) is 2.19. The first-order valence-electron chi connectivity index (χ1n) is 8.27. The molecule has 1 N–H and O–H groups in total. The number of likely N-dealkylation sites (tertiary alicyclic amines) is 1. The highest BCUT2D eigenvalue weighted by Gasteiger charge is 2.27. The van der Waals surface area contributed by atoms with Crippen molar-refractivity contribution in [2.75, 3.05) is 18.4 Å². The van der Waals surface area contributed by atoms with Gasteiger partial charge in [-0.15, -0.1) is 4.91 Å². The van der Waals surface area contributed by atoms with Crippen LogP contribution < -0.4 is 5.32 Å². The van der Waals surface area contributed by atoms with E-state index in [1.54, 1.807) is 4.90 Å². The number of rotatable bonds is 3. The number of carbonyl (C=O) groups is 1. The zero-order chi connectivity index (χ0) is 18.6. The molecule has 1 fully saturated rings. The Kier molecular flexibility index (Phi) is 6.21. The molecule has 1 amide bonds. The molecule has 1 aromatic rings. The first-order chi connectivity index (χ1) is 11.7. The lowest BCUT2D eigenvalue weighted by Gasteiger charge is -2.29. The molecule has 1 unspecified atom stereocenters. The minimum Gasteiger partial charge on any atom is -0.444 e. The van der Waals surface area contributed by atoms with Gasteiger partial charge >= 0.3 is 6.09 Å². The maximum atomic E-state index is 13.7. The Bertz CT molecular complexity index is 649. The van der Waals surface area contributed by atoms with Crippen molar-refractivity contribution in [2.24, 2.45) is 5.18 Å². The molecule has 0 saturated carbocycles. The number of halogens is 2. The number of amides is 1. The predicted molar refractivity (Wildman–Crippen MR) is 95.9 cm³/mol.